The summed E-state index contributed by atoms with van der Waals surface area (Å²) in [5.41, 5.74) is 1.70. The molecular formula is C27H27F3N6O2. The van der Waals surface area contributed by atoms with Gasteiger partial charge >= 0.3 is 6.18 Å². The molecule has 1 atom stereocenters. The molecule has 1 amide bonds. The monoisotopic (exact) mass is 524 g/mol. The molecule has 38 heavy (non-hydrogen) atoms. The number of hydrogen-bond donors (Lipinski definition) is 0. The minimum absolute atomic E-state index is 0.0187. The van der Waals surface area contributed by atoms with Crippen molar-refractivity contribution in [1.29, 1.82) is 0 Å². The standard InChI is InChI=1S/C27H27F3N6O2/c1-15-26(37)34(2)14-22-24(33-25(36(15)22)16-7-9-38-10-8-16)18-5-4-6-21-19(18)11-20(27(28,29)30)23(32-21)17-12-31-35(3)13-17/h4-6,11-13,15-16H,7-10,14H2,1-3H3/t15-/m0/s1. The van der Waals surface area contributed by atoms with Gasteiger partial charge in [0.15, 0.2) is 0 Å². The average molecular weight is 525 g/mol. The number of rotatable bonds is 3. The SMILES string of the molecule is C[C@H]1C(=O)N(C)Cc2c(-c3cccc4nc(-c5cnn(C)c5)c(C(F)(F)F)cc34)nc(C3CCOCC3)n21. The molecule has 6 rings (SSSR count). The van der Waals surface area contributed by atoms with Crippen LogP contribution in [-0.4, -0.2) is 55.4 Å². The predicted molar refractivity (Wildman–Crippen MR) is 134 cm³/mol. The molecule has 2 aliphatic heterocycles. The van der Waals surface area contributed by atoms with Crippen molar-refractivity contribution in [2.45, 2.75) is 44.4 Å². The van der Waals surface area contributed by atoms with Crippen LogP contribution in [0.5, 0.6) is 0 Å². The molecule has 0 saturated carbocycles. The number of fused-ring (bicyclic) bond motifs is 2. The Kier molecular flexibility index (Phi) is 5.78. The van der Waals surface area contributed by atoms with Crippen molar-refractivity contribution in [1.82, 2.24) is 29.2 Å². The van der Waals surface area contributed by atoms with E-state index < -0.39 is 17.8 Å². The highest BCUT2D eigenvalue weighted by Crippen LogP contribution is 2.42. The summed E-state index contributed by atoms with van der Waals surface area (Å²) in [6.45, 7) is 3.38. The number of hydrogen-bond acceptors (Lipinski definition) is 5. The lowest BCUT2D eigenvalue weighted by molar-refractivity contribution is -0.137. The van der Waals surface area contributed by atoms with Gasteiger partial charge in [-0.2, -0.15) is 18.3 Å². The van der Waals surface area contributed by atoms with Crippen LogP contribution in [0.1, 0.15) is 48.8 Å². The molecule has 1 aromatic carbocycles. The van der Waals surface area contributed by atoms with Crippen LogP contribution in [0.4, 0.5) is 13.2 Å². The van der Waals surface area contributed by atoms with E-state index in [-0.39, 0.29) is 17.5 Å². The molecule has 0 radical (unpaired) electrons. The zero-order chi connectivity index (χ0) is 26.8. The van der Waals surface area contributed by atoms with Crippen LogP contribution >= 0.6 is 0 Å². The maximum Gasteiger partial charge on any atom is 0.418 e. The third-order valence-corrected chi connectivity index (χ3v) is 7.53. The van der Waals surface area contributed by atoms with Gasteiger partial charge in [-0.3, -0.25) is 9.48 Å². The summed E-state index contributed by atoms with van der Waals surface area (Å²) in [4.78, 5) is 24.1. The van der Waals surface area contributed by atoms with Gasteiger partial charge in [-0.25, -0.2) is 9.97 Å². The van der Waals surface area contributed by atoms with Crippen molar-refractivity contribution in [3.8, 4) is 22.5 Å². The second-order valence-electron chi connectivity index (χ2n) is 10.0. The van der Waals surface area contributed by atoms with Crippen molar-refractivity contribution in [3.05, 3.63) is 53.7 Å². The van der Waals surface area contributed by atoms with Gasteiger partial charge in [0.1, 0.15) is 11.9 Å². The summed E-state index contributed by atoms with van der Waals surface area (Å²) in [6, 6.07) is 5.98. The number of alkyl halides is 3. The molecule has 4 aromatic rings. The lowest BCUT2D eigenvalue weighted by Gasteiger charge is -2.32. The number of carbonyl (C=O) groups excluding carboxylic acids is 1. The second-order valence-corrected chi connectivity index (χ2v) is 10.0. The molecule has 198 valence electrons. The largest absolute Gasteiger partial charge is 0.418 e. The summed E-state index contributed by atoms with van der Waals surface area (Å²) in [7, 11) is 3.39. The van der Waals surface area contributed by atoms with Gasteiger partial charge in [0.25, 0.3) is 0 Å². The van der Waals surface area contributed by atoms with E-state index in [0.29, 0.717) is 47.5 Å². The van der Waals surface area contributed by atoms with E-state index in [9.17, 15) is 18.0 Å². The lowest BCUT2D eigenvalue weighted by atomic mass is 9.98. The van der Waals surface area contributed by atoms with Gasteiger partial charge in [0.2, 0.25) is 5.91 Å². The Balaban J connectivity index is 1.60. The number of pyridine rings is 1. The summed E-state index contributed by atoms with van der Waals surface area (Å²) in [5.74, 6) is 0.876. The Labute approximate surface area is 217 Å². The third kappa shape index (κ3) is 3.96. The fraction of sp³-hybridized carbons (Fsp3) is 0.407. The normalized spacial score (nSPS) is 18.8. The first-order valence-electron chi connectivity index (χ1n) is 12.6. The molecule has 0 aliphatic carbocycles. The highest BCUT2D eigenvalue weighted by molar-refractivity contribution is 5.96. The fourth-order valence-electron chi connectivity index (χ4n) is 5.64. The molecule has 2 aliphatic rings. The molecule has 1 saturated heterocycles. The van der Waals surface area contributed by atoms with E-state index in [0.717, 1.165) is 24.4 Å². The van der Waals surface area contributed by atoms with Crippen LogP contribution in [0.3, 0.4) is 0 Å². The van der Waals surface area contributed by atoms with Crippen LogP contribution in [0, 0.1) is 0 Å². The van der Waals surface area contributed by atoms with Crippen molar-refractivity contribution in [2.75, 3.05) is 20.3 Å². The van der Waals surface area contributed by atoms with Gasteiger partial charge in [-0.1, -0.05) is 12.1 Å². The van der Waals surface area contributed by atoms with Crippen LogP contribution in [0.15, 0.2) is 36.7 Å². The number of amides is 1. The Hall–Kier alpha value is -3.73. The smallest absolute Gasteiger partial charge is 0.381 e. The number of halogens is 3. The highest BCUT2D eigenvalue weighted by atomic mass is 19.4. The zero-order valence-corrected chi connectivity index (χ0v) is 21.3. The summed E-state index contributed by atoms with van der Waals surface area (Å²) in [6.07, 6.45) is -0.171. The Bertz CT molecular complexity index is 1550. The number of aromatic nitrogens is 5. The summed E-state index contributed by atoms with van der Waals surface area (Å²) in [5, 5.41) is 4.39. The molecule has 0 bridgehead atoms. The lowest BCUT2D eigenvalue weighted by Crippen LogP contribution is -2.40. The first-order valence-corrected chi connectivity index (χ1v) is 12.6. The quantitative estimate of drug-likeness (QED) is 0.379. The second kappa shape index (κ2) is 8.93. The molecule has 0 unspecified atom stereocenters. The van der Waals surface area contributed by atoms with E-state index in [1.165, 1.54) is 23.1 Å². The molecule has 5 heterocycles. The molecule has 1 fully saturated rings. The van der Waals surface area contributed by atoms with Gasteiger partial charge < -0.3 is 14.2 Å². The van der Waals surface area contributed by atoms with Gasteiger partial charge in [0, 0.05) is 55.9 Å². The number of benzene rings is 1. The number of carbonyl (C=O) groups is 1. The van der Waals surface area contributed by atoms with Crippen molar-refractivity contribution >= 4 is 16.8 Å². The molecule has 0 spiro atoms. The molecule has 11 heteroatoms. The fourth-order valence-corrected chi connectivity index (χ4v) is 5.64. The molecule has 8 nitrogen and oxygen atoms in total. The van der Waals surface area contributed by atoms with E-state index in [1.54, 1.807) is 37.2 Å². The summed E-state index contributed by atoms with van der Waals surface area (Å²) < 4.78 is 52.0. The van der Waals surface area contributed by atoms with Crippen LogP contribution < -0.4 is 0 Å². The number of aryl methyl sites for hydroxylation is 1. The van der Waals surface area contributed by atoms with Crippen molar-refractivity contribution in [3.63, 3.8) is 0 Å². The Morgan fingerprint density at radius 3 is 2.53 bits per heavy atom. The molecule has 0 N–H and O–H groups in total. The number of imidazole rings is 1. The minimum Gasteiger partial charge on any atom is -0.381 e. The highest BCUT2D eigenvalue weighted by Gasteiger charge is 2.38. The number of nitrogens with zero attached hydrogens (tertiary/aromatic N) is 6. The molecular weight excluding hydrogens is 497 g/mol. The first kappa shape index (κ1) is 24.6. The number of likely N-dealkylation sites (N-methyl/N-ethyl adjacent to an activating group) is 1. The van der Waals surface area contributed by atoms with Crippen LogP contribution in [0.25, 0.3) is 33.4 Å². The Morgan fingerprint density at radius 2 is 1.84 bits per heavy atom. The number of ether oxygens (including phenoxy) is 1. The van der Waals surface area contributed by atoms with Gasteiger partial charge in [-0.15, -0.1) is 0 Å². The average Bonchev–Trinajstić information content (AvgIpc) is 3.50. The van der Waals surface area contributed by atoms with E-state index >= 15 is 0 Å². The predicted octanol–water partition coefficient (Wildman–Crippen LogP) is 4.94. The zero-order valence-electron chi connectivity index (χ0n) is 21.3. The topological polar surface area (TPSA) is 78.1 Å². The minimum atomic E-state index is -4.62. The van der Waals surface area contributed by atoms with Gasteiger partial charge in [-0.05, 0) is 31.9 Å². The van der Waals surface area contributed by atoms with Crippen LogP contribution in [0.2, 0.25) is 0 Å². The van der Waals surface area contributed by atoms with Gasteiger partial charge in [0.05, 0.1) is 40.9 Å². The third-order valence-electron chi connectivity index (χ3n) is 7.53. The maximum atomic E-state index is 14.3. The summed E-state index contributed by atoms with van der Waals surface area (Å²) >= 11 is 0. The van der Waals surface area contributed by atoms with Crippen molar-refractivity contribution in [2.24, 2.45) is 7.05 Å². The maximum absolute atomic E-state index is 14.3. The first-order chi connectivity index (χ1) is 18.1. The van der Waals surface area contributed by atoms with E-state index in [2.05, 4.69) is 10.1 Å². The molecule has 3 aromatic heterocycles. The van der Waals surface area contributed by atoms with E-state index in [4.69, 9.17) is 9.72 Å². The Morgan fingerprint density at radius 1 is 1.08 bits per heavy atom. The van der Waals surface area contributed by atoms with E-state index in [1.807, 2.05) is 11.5 Å². The van der Waals surface area contributed by atoms with Crippen LogP contribution in [-0.2, 0) is 29.3 Å². The van der Waals surface area contributed by atoms with Crippen molar-refractivity contribution < 1.29 is 22.7 Å².